The number of rotatable bonds is 7. The fourth-order valence-corrected chi connectivity index (χ4v) is 3.11. The molecule has 0 aliphatic rings. The highest BCUT2D eigenvalue weighted by molar-refractivity contribution is 7.15. The van der Waals surface area contributed by atoms with Gasteiger partial charge in [-0.25, -0.2) is 15.0 Å². The zero-order valence-electron chi connectivity index (χ0n) is 15.0. The van der Waals surface area contributed by atoms with E-state index in [0.29, 0.717) is 17.4 Å². The van der Waals surface area contributed by atoms with E-state index < -0.39 is 4.92 Å². The first-order valence-electron chi connectivity index (χ1n) is 8.18. The summed E-state index contributed by atoms with van der Waals surface area (Å²) < 4.78 is 5.39. The van der Waals surface area contributed by atoms with Crippen LogP contribution in [0, 0.1) is 24.0 Å². The molecule has 0 aliphatic carbocycles. The fourth-order valence-electron chi connectivity index (χ4n) is 2.30. The summed E-state index contributed by atoms with van der Waals surface area (Å²) in [5.74, 6) is 0.890. The van der Waals surface area contributed by atoms with Crippen molar-refractivity contribution in [2.24, 2.45) is 0 Å². The van der Waals surface area contributed by atoms with E-state index in [4.69, 9.17) is 4.74 Å². The van der Waals surface area contributed by atoms with Crippen LogP contribution in [0.5, 0.6) is 5.75 Å². The summed E-state index contributed by atoms with van der Waals surface area (Å²) in [6.07, 6.45) is 1.26. The van der Waals surface area contributed by atoms with E-state index in [2.05, 4.69) is 25.6 Å². The molecule has 27 heavy (non-hydrogen) atoms. The van der Waals surface area contributed by atoms with Gasteiger partial charge in [-0.2, -0.15) is 0 Å². The average molecular weight is 386 g/mol. The number of benzene rings is 1. The van der Waals surface area contributed by atoms with Gasteiger partial charge in [0.05, 0.1) is 17.2 Å². The zero-order valence-corrected chi connectivity index (χ0v) is 15.8. The van der Waals surface area contributed by atoms with Crippen molar-refractivity contribution in [1.29, 1.82) is 0 Å². The largest absolute Gasteiger partial charge is 0.494 e. The Labute approximate surface area is 159 Å². The van der Waals surface area contributed by atoms with Crippen molar-refractivity contribution in [1.82, 2.24) is 15.0 Å². The van der Waals surface area contributed by atoms with Crippen LogP contribution < -0.4 is 15.4 Å². The number of hydrogen-bond acceptors (Lipinski definition) is 9. The highest BCUT2D eigenvalue weighted by Crippen LogP contribution is 2.34. The number of ether oxygens (including phenoxy) is 1. The van der Waals surface area contributed by atoms with Crippen LogP contribution in [0.3, 0.4) is 0 Å². The molecule has 0 saturated carbocycles. The second kappa shape index (κ2) is 7.96. The van der Waals surface area contributed by atoms with E-state index in [1.165, 1.54) is 17.7 Å². The summed E-state index contributed by atoms with van der Waals surface area (Å²) in [4.78, 5) is 24.5. The van der Waals surface area contributed by atoms with Gasteiger partial charge in [-0.05, 0) is 45.0 Å². The van der Waals surface area contributed by atoms with Crippen molar-refractivity contribution in [2.75, 3.05) is 17.2 Å². The highest BCUT2D eigenvalue weighted by atomic mass is 32.1. The van der Waals surface area contributed by atoms with Crippen molar-refractivity contribution in [3.63, 3.8) is 0 Å². The smallest absolute Gasteiger partial charge is 0.353 e. The lowest BCUT2D eigenvalue weighted by atomic mass is 10.3. The van der Waals surface area contributed by atoms with Gasteiger partial charge in [0.25, 0.3) is 0 Å². The lowest BCUT2D eigenvalue weighted by molar-refractivity contribution is -0.383. The standard InChI is InChI=1S/C17H18N6O3S/c1-4-26-13-7-5-12(6-8-13)21-15-14(23(24)25)16(19-9-18-15)22-17-20-10(2)11(3)27-17/h5-9H,4H2,1-3H3,(H2,18,19,20,21,22). The Morgan fingerprint density at radius 3 is 2.37 bits per heavy atom. The van der Waals surface area contributed by atoms with Gasteiger partial charge >= 0.3 is 5.69 Å². The fraction of sp³-hybridized carbons (Fsp3) is 0.235. The molecule has 140 valence electrons. The number of nitro groups is 1. The Morgan fingerprint density at radius 2 is 1.81 bits per heavy atom. The molecule has 2 N–H and O–H groups in total. The Hall–Kier alpha value is -3.27. The van der Waals surface area contributed by atoms with Crippen molar-refractivity contribution in [3.8, 4) is 5.75 Å². The van der Waals surface area contributed by atoms with Crippen LogP contribution in [-0.2, 0) is 0 Å². The van der Waals surface area contributed by atoms with E-state index in [1.807, 2.05) is 20.8 Å². The molecule has 0 bridgehead atoms. The number of aromatic nitrogens is 3. The van der Waals surface area contributed by atoms with E-state index in [0.717, 1.165) is 16.3 Å². The minimum absolute atomic E-state index is 0.0807. The van der Waals surface area contributed by atoms with Crippen LogP contribution in [0.4, 0.5) is 28.1 Å². The monoisotopic (exact) mass is 386 g/mol. The summed E-state index contributed by atoms with van der Waals surface area (Å²) in [5, 5.41) is 18.1. The van der Waals surface area contributed by atoms with Crippen molar-refractivity contribution >= 4 is 39.5 Å². The number of thiazole rings is 1. The number of aryl methyl sites for hydroxylation is 2. The molecule has 3 rings (SSSR count). The summed E-state index contributed by atoms with van der Waals surface area (Å²) in [6.45, 7) is 6.28. The Bertz CT molecular complexity index is 938. The highest BCUT2D eigenvalue weighted by Gasteiger charge is 2.24. The van der Waals surface area contributed by atoms with Gasteiger partial charge in [-0.1, -0.05) is 0 Å². The maximum absolute atomic E-state index is 11.6. The summed E-state index contributed by atoms with van der Waals surface area (Å²) in [5.41, 5.74) is 1.26. The number of anilines is 4. The molecule has 0 radical (unpaired) electrons. The van der Waals surface area contributed by atoms with Crippen molar-refractivity contribution in [2.45, 2.75) is 20.8 Å². The Morgan fingerprint density at radius 1 is 1.15 bits per heavy atom. The second-order valence-electron chi connectivity index (χ2n) is 5.54. The minimum atomic E-state index is -0.521. The first-order chi connectivity index (χ1) is 13.0. The maximum atomic E-state index is 11.6. The van der Waals surface area contributed by atoms with Gasteiger partial charge in [0.15, 0.2) is 5.13 Å². The zero-order chi connectivity index (χ0) is 19.4. The lowest BCUT2D eigenvalue weighted by Crippen LogP contribution is -2.05. The van der Waals surface area contributed by atoms with E-state index >= 15 is 0 Å². The molecule has 0 unspecified atom stereocenters. The van der Waals surface area contributed by atoms with Gasteiger partial charge in [-0.3, -0.25) is 10.1 Å². The van der Waals surface area contributed by atoms with Crippen LogP contribution in [0.15, 0.2) is 30.6 Å². The summed E-state index contributed by atoms with van der Waals surface area (Å²) >= 11 is 1.41. The van der Waals surface area contributed by atoms with Crippen LogP contribution in [0.25, 0.3) is 0 Å². The van der Waals surface area contributed by atoms with Crippen LogP contribution in [-0.4, -0.2) is 26.5 Å². The molecular weight excluding hydrogens is 368 g/mol. The number of nitrogens with one attached hydrogen (secondary N) is 2. The molecule has 0 atom stereocenters. The van der Waals surface area contributed by atoms with Crippen molar-refractivity contribution < 1.29 is 9.66 Å². The van der Waals surface area contributed by atoms with E-state index in [-0.39, 0.29) is 17.3 Å². The molecule has 2 heterocycles. The van der Waals surface area contributed by atoms with Gasteiger partial charge in [-0.15, -0.1) is 11.3 Å². The van der Waals surface area contributed by atoms with Gasteiger partial charge in [0.2, 0.25) is 11.6 Å². The normalized spacial score (nSPS) is 10.5. The molecule has 0 aliphatic heterocycles. The quantitative estimate of drug-likeness (QED) is 0.455. The van der Waals surface area contributed by atoms with Crippen LogP contribution in [0.2, 0.25) is 0 Å². The Balaban J connectivity index is 1.89. The van der Waals surface area contributed by atoms with Gasteiger partial charge in [0.1, 0.15) is 12.1 Å². The number of hydrogen-bond donors (Lipinski definition) is 2. The first kappa shape index (κ1) is 18.5. The summed E-state index contributed by atoms with van der Waals surface area (Å²) in [6, 6.07) is 7.08. The molecule has 0 spiro atoms. The van der Waals surface area contributed by atoms with E-state index in [1.54, 1.807) is 24.3 Å². The topological polar surface area (TPSA) is 115 Å². The second-order valence-corrected chi connectivity index (χ2v) is 6.75. The Kier molecular flexibility index (Phi) is 5.46. The third kappa shape index (κ3) is 4.29. The molecule has 0 fully saturated rings. The predicted molar refractivity (Wildman–Crippen MR) is 104 cm³/mol. The summed E-state index contributed by atoms with van der Waals surface area (Å²) in [7, 11) is 0. The third-order valence-electron chi connectivity index (χ3n) is 3.69. The maximum Gasteiger partial charge on any atom is 0.353 e. The van der Waals surface area contributed by atoms with Crippen LogP contribution >= 0.6 is 11.3 Å². The molecular formula is C17H18N6O3S. The van der Waals surface area contributed by atoms with Gasteiger partial charge < -0.3 is 15.4 Å². The van der Waals surface area contributed by atoms with Crippen molar-refractivity contribution in [3.05, 3.63) is 51.3 Å². The van der Waals surface area contributed by atoms with Gasteiger partial charge in [0, 0.05) is 10.6 Å². The number of nitrogens with zero attached hydrogens (tertiary/aromatic N) is 4. The molecule has 0 saturated heterocycles. The molecule has 3 aromatic rings. The molecule has 10 heteroatoms. The predicted octanol–water partition coefficient (Wildman–Crippen LogP) is 4.34. The first-order valence-corrected chi connectivity index (χ1v) is 9.00. The molecule has 9 nitrogen and oxygen atoms in total. The molecule has 2 aromatic heterocycles. The van der Waals surface area contributed by atoms with E-state index in [9.17, 15) is 10.1 Å². The average Bonchev–Trinajstić information content (AvgIpc) is 2.94. The molecule has 1 aromatic carbocycles. The lowest BCUT2D eigenvalue weighted by Gasteiger charge is -2.09. The SMILES string of the molecule is CCOc1ccc(Nc2ncnc(Nc3nc(C)c(C)s3)c2[N+](=O)[O-])cc1. The third-order valence-corrected chi connectivity index (χ3v) is 4.68. The minimum Gasteiger partial charge on any atom is -0.494 e. The molecule has 0 amide bonds. The van der Waals surface area contributed by atoms with Crippen LogP contribution in [0.1, 0.15) is 17.5 Å².